The van der Waals surface area contributed by atoms with Gasteiger partial charge in [0.1, 0.15) is 5.75 Å². The van der Waals surface area contributed by atoms with Crippen LogP contribution < -0.4 is 15.4 Å². The first kappa shape index (κ1) is 22.0. The number of hydrogen-bond donors (Lipinski definition) is 2. The first-order valence-corrected chi connectivity index (χ1v) is 10.6. The van der Waals surface area contributed by atoms with Crippen molar-refractivity contribution < 1.29 is 14.3 Å². The van der Waals surface area contributed by atoms with E-state index in [4.69, 9.17) is 27.9 Å². The summed E-state index contributed by atoms with van der Waals surface area (Å²) < 4.78 is 5.14. The van der Waals surface area contributed by atoms with Crippen molar-refractivity contribution in [2.75, 3.05) is 23.5 Å². The molecule has 0 atom stereocenters. The van der Waals surface area contributed by atoms with Gasteiger partial charge in [0, 0.05) is 16.1 Å². The Morgan fingerprint density at radius 1 is 0.967 bits per heavy atom. The minimum atomic E-state index is -0.230. The average molecular weight is 461 g/mol. The van der Waals surface area contributed by atoms with E-state index < -0.39 is 0 Å². The number of rotatable bonds is 7. The van der Waals surface area contributed by atoms with E-state index in [0.29, 0.717) is 32.7 Å². The number of halogens is 2. The highest BCUT2D eigenvalue weighted by molar-refractivity contribution is 8.00. The van der Waals surface area contributed by atoms with Crippen LogP contribution in [0.25, 0.3) is 0 Å². The second-order valence-corrected chi connectivity index (χ2v) is 7.98. The van der Waals surface area contributed by atoms with Crippen molar-refractivity contribution in [3.8, 4) is 5.75 Å². The molecule has 0 aliphatic rings. The predicted octanol–water partition coefficient (Wildman–Crippen LogP) is 5.99. The van der Waals surface area contributed by atoms with Crippen molar-refractivity contribution in [3.63, 3.8) is 0 Å². The highest BCUT2D eigenvalue weighted by Crippen LogP contribution is 2.30. The molecule has 0 spiro atoms. The number of carbonyl (C=O) groups excluding carboxylic acids is 2. The molecule has 2 amide bonds. The van der Waals surface area contributed by atoms with Crippen molar-refractivity contribution in [2.24, 2.45) is 0 Å². The second kappa shape index (κ2) is 10.4. The Balaban J connectivity index is 1.53. The third kappa shape index (κ3) is 5.92. The summed E-state index contributed by atoms with van der Waals surface area (Å²) in [6, 6.07) is 19.2. The van der Waals surface area contributed by atoms with E-state index in [9.17, 15) is 9.59 Å². The van der Waals surface area contributed by atoms with Crippen LogP contribution in [0, 0.1) is 0 Å². The zero-order valence-electron chi connectivity index (χ0n) is 15.9. The number of methoxy groups -OCH3 is 1. The summed E-state index contributed by atoms with van der Waals surface area (Å²) in [4.78, 5) is 25.4. The Morgan fingerprint density at radius 2 is 1.70 bits per heavy atom. The van der Waals surface area contributed by atoms with E-state index in [0.717, 1.165) is 4.90 Å². The molecular formula is C22H18Cl2N2O3S. The van der Waals surface area contributed by atoms with E-state index in [-0.39, 0.29) is 17.6 Å². The molecule has 0 saturated heterocycles. The third-order valence-electron chi connectivity index (χ3n) is 4.04. The number of thioether (sulfide) groups is 1. The van der Waals surface area contributed by atoms with E-state index in [1.54, 1.807) is 61.7 Å². The molecule has 0 bridgehead atoms. The zero-order chi connectivity index (χ0) is 21.5. The molecule has 0 aliphatic carbocycles. The number of ether oxygens (including phenoxy) is 1. The molecule has 0 aliphatic heterocycles. The normalized spacial score (nSPS) is 10.4. The highest BCUT2D eigenvalue weighted by Gasteiger charge is 2.10. The average Bonchev–Trinajstić information content (AvgIpc) is 2.76. The summed E-state index contributed by atoms with van der Waals surface area (Å²) in [6.45, 7) is 0. The zero-order valence-corrected chi connectivity index (χ0v) is 18.3. The lowest BCUT2D eigenvalue weighted by Crippen LogP contribution is -2.14. The molecule has 0 saturated carbocycles. The van der Waals surface area contributed by atoms with Gasteiger partial charge in [0.2, 0.25) is 5.91 Å². The molecule has 0 heterocycles. The number of hydrogen-bond acceptors (Lipinski definition) is 4. The molecular weight excluding hydrogens is 443 g/mol. The van der Waals surface area contributed by atoms with Gasteiger partial charge in [0.15, 0.2) is 0 Å². The molecule has 8 heteroatoms. The van der Waals surface area contributed by atoms with Crippen LogP contribution in [0.4, 0.5) is 11.4 Å². The molecule has 154 valence electrons. The number of amides is 2. The van der Waals surface area contributed by atoms with Gasteiger partial charge in [-0.15, -0.1) is 11.8 Å². The molecule has 30 heavy (non-hydrogen) atoms. The van der Waals surface area contributed by atoms with Gasteiger partial charge in [-0.05, 0) is 54.6 Å². The topological polar surface area (TPSA) is 67.4 Å². The number of anilines is 2. The largest absolute Gasteiger partial charge is 0.497 e. The molecule has 0 fully saturated rings. The van der Waals surface area contributed by atoms with E-state index in [1.807, 2.05) is 12.1 Å². The molecule has 0 radical (unpaired) electrons. The minimum absolute atomic E-state index is 0.195. The second-order valence-electron chi connectivity index (χ2n) is 6.15. The fraction of sp³-hybridized carbons (Fsp3) is 0.0909. The first-order valence-electron chi connectivity index (χ1n) is 8.88. The molecule has 3 aromatic carbocycles. The van der Waals surface area contributed by atoms with Crippen LogP contribution >= 0.6 is 35.0 Å². The number of carbonyl (C=O) groups is 2. The predicted molar refractivity (Wildman–Crippen MR) is 123 cm³/mol. The van der Waals surface area contributed by atoms with Crippen molar-refractivity contribution in [2.45, 2.75) is 4.90 Å². The molecule has 0 aromatic heterocycles. The summed E-state index contributed by atoms with van der Waals surface area (Å²) >= 11 is 13.4. The van der Waals surface area contributed by atoms with Crippen LogP contribution in [0.5, 0.6) is 5.75 Å². The first-order chi connectivity index (χ1) is 14.5. The van der Waals surface area contributed by atoms with E-state index in [1.165, 1.54) is 11.8 Å². The van der Waals surface area contributed by atoms with Crippen LogP contribution in [0.2, 0.25) is 10.0 Å². The summed E-state index contributed by atoms with van der Waals surface area (Å²) in [7, 11) is 1.55. The summed E-state index contributed by atoms with van der Waals surface area (Å²) in [5.41, 5.74) is 1.64. The van der Waals surface area contributed by atoms with E-state index in [2.05, 4.69) is 10.6 Å². The highest BCUT2D eigenvalue weighted by atomic mass is 35.5. The molecule has 3 rings (SSSR count). The van der Waals surface area contributed by atoms with Crippen LogP contribution in [-0.4, -0.2) is 24.7 Å². The lowest BCUT2D eigenvalue weighted by molar-refractivity contribution is -0.113. The van der Waals surface area contributed by atoms with Crippen LogP contribution in [0.3, 0.4) is 0 Å². The Labute approximate surface area is 188 Å². The Morgan fingerprint density at radius 3 is 2.43 bits per heavy atom. The van der Waals surface area contributed by atoms with Crippen molar-refractivity contribution in [1.82, 2.24) is 0 Å². The lowest BCUT2D eigenvalue weighted by Gasteiger charge is -2.09. The van der Waals surface area contributed by atoms with Gasteiger partial charge in [0.25, 0.3) is 5.91 Å². The Kier molecular flexibility index (Phi) is 7.63. The quantitative estimate of drug-likeness (QED) is 0.425. The van der Waals surface area contributed by atoms with Gasteiger partial charge >= 0.3 is 0 Å². The fourth-order valence-corrected chi connectivity index (χ4v) is 3.58. The monoisotopic (exact) mass is 460 g/mol. The number of nitrogens with one attached hydrogen (secondary N) is 2. The van der Waals surface area contributed by atoms with Gasteiger partial charge in [-0.2, -0.15) is 0 Å². The maximum atomic E-state index is 12.4. The van der Waals surface area contributed by atoms with Crippen molar-refractivity contribution in [3.05, 3.63) is 82.3 Å². The lowest BCUT2D eigenvalue weighted by atomic mass is 10.2. The SMILES string of the molecule is COc1cccc(C(=O)Nc2ccc(SCC(=O)Nc3cccc(Cl)c3Cl)cc2)c1. The maximum absolute atomic E-state index is 12.4. The smallest absolute Gasteiger partial charge is 0.255 e. The standard InChI is InChI=1S/C22H18Cl2N2O3S/c1-29-16-5-2-4-14(12-16)22(28)25-15-8-10-17(11-9-15)30-13-20(27)26-19-7-3-6-18(23)21(19)24/h2-12H,13H2,1H3,(H,25,28)(H,26,27). The van der Waals surface area contributed by atoms with E-state index >= 15 is 0 Å². The summed E-state index contributed by atoms with van der Waals surface area (Å²) in [5.74, 6) is 0.400. The third-order valence-corrected chi connectivity index (χ3v) is 5.87. The Bertz CT molecular complexity index is 1060. The van der Waals surface area contributed by atoms with Crippen molar-refractivity contribution in [1.29, 1.82) is 0 Å². The maximum Gasteiger partial charge on any atom is 0.255 e. The summed E-state index contributed by atoms with van der Waals surface area (Å²) in [6.07, 6.45) is 0. The number of benzene rings is 3. The van der Waals surface area contributed by atoms with Gasteiger partial charge in [0.05, 0.1) is 28.6 Å². The van der Waals surface area contributed by atoms with Gasteiger partial charge < -0.3 is 15.4 Å². The summed E-state index contributed by atoms with van der Waals surface area (Å²) in [5, 5.41) is 6.28. The van der Waals surface area contributed by atoms with Gasteiger partial charge in [-0.1, -0.05) is 35.3 Å². The van der Waals surface area contributed by atoms with Gasteiger partial charge in [-0.3, -0.25) is 9.59 Å². The van der Waals surface area contributed by atoms with Gasteiger partial charge in [-0.25, -0.2) is 0 Å². The fourth-order valence-electron chi connectivity index (χ4n) is 2.54. The molecule has 0 unspecified atom stereocenters. The van der Waals surface area contributed by atoms with Crippen molar-refractivity contribution >= 4 is 58.2 Å². The van der Waals surface area contributed by atoms with Crippen LogP contribution in [0.1, 0.15) is 10.4 Å². The minimum Gasteiger partial charge on any atom is -0.497 e. The van der Waals surface area contributed by atoms with Crippen LogP contribution in [-0.2, 0) is 4.79 Å². The molecule has 3 aromatic rings. The molecule has 2 N–H and O–H groups in total. The Hall–Kier alpha value is -2.67. The molecule has 5 nitrogen and oxygen atoms in total. The van der Waals surface area contributed by atoms with Crippen LogP contribution in [0.15, 0.2) is 71.6 Å².